The minimum absolute atomic E-state index is 0.317. The Morgan fingerprint density at radius 2 is 2.56 bits per heavy atom. The van der Waals surface area contributed by atoms with E-state index in [9.17, 15) is 0 Å². The molecule has 0 saturated carbocycles. The molecule has 0 aliphatic carbocycles. The van der Waals surface area contributed by atoms with Gasteiger partial charge in [-0.15, -0.1) is 0 Å². The molecule has 0 spiro atoms. The number of hydrogen-bond acceptors (Lipinski definition) is 3. The van der Waals surface area contributed by atoms with E-state index in [4.69, 9.17) is 15.4 Å². The summed E-state index contributed by atoms with van der Waals surface area (Å²) in [6, 6.07) is 3.57. The van der Waals surface area contributed by atoms with E-state index in [1.807, 2.05) is 6.07 Å². The van der Waals surface area contributed by atoms with Crippen LogP contribution in [-0.2, 0) is 6.54 Å². The largest absolute Gasteiger partial charge is 0.454 e. The van der Waals surface area contributed by atoms with Crippen LogP contribution in [0.1, 0.15) is 11.3 Å². The number of rotatable bonds is 1. The Morgan fingerprint density at radius 1 is 1.78 bits per heavy atom. The van der Waals surface area contributed by atoms with Crippen LogP contribution in [0, 0.1) is 11.3 Å². The van der Waals surface area contributed by atoms with Gasteiger partial charge in [0.2, 0.25) is 5.76 Å². The highest BCUT2D eigenvalue weighted by atomic mass is 16.3. The molecule has 1 aromatic rings. The molecular weight excluding hydrogens is 116 g/mol. The first-order chi connectivity index (χ1) is 4.38. The average Bonchev–Trinajstić information content (AvgIpc) is 2.33. The molecule has 9 heavy (non-hydrogen) atoms. The van der Waals surface area contributed by atoms with Gasteiger partial charge in [-0.25, -0.2) is 0 Å². The molecule has 0 amide bonds. The second-order valence-electron chi connectivity index (χ2n) is 1.59. The first kappa shape index (κ1) is 5.86. The van der Waals surface area contributed by atoms with Crippen LogP contribution in [0.3, 0.4) is 0 Å². The third kappa shape index (κ3) is 0.929. The Balaban J connectivity index is 3.02. The fraction of sp³-hybridized carbons (Fsp3) is 0.167. The Hall–Kier alpha value is -1.27. The molecule has 0 saturated heterocycles. The molecule has 2 N–H and O–H groups in total. The van der Waals surface area contributed by atoms with Crippen molar-refractivity contribution in [3.8, 4) is 6.07 Å². The van der Waals surface area contributed by atoms with Gasteiger partial charge in [0.25, 0.3) is 0 Å². The highest BCUT2D eigenvalue weighted by Crippen LogP contribution is 2.06. The summed E-state index contributed by atoms with van der Waals surface area (Å²) in [4.78, 5) is 0. The Morgan fingerprint density at radius 3 is 3.00 bits per heavy atom. The Labute approximate surface area is 52.7 Å². The van der Waals surface area contributed by atoms with Crippen LogP contribution in [0.15, 0.2) is 16.7 Å². The van der Waals surface area contributed by atoms with Crippen molar-refractivity contribution in [3.05, 3.63) is 23.7 Å². The van der Waals surface area contributed by atoms with Crippen LogP contribution in [0.2, 0.25) is 0 Å². The van der Waals surface area contributed by atoms with Crippen molar-refractivity contribution < 1.29 is 4.42 Å². The summed E-state index contributed by atoms with van der Waals surface area (Å²) in [5.41, 5.74) is 6.02. The first-order valence-electron chi connectivity index (χ1n) is 2.55. The van der Waals surface area contributed by atoms with Crippen molar-refractivity contribution in [2.24, 2.45) is 5.73 Å². The number of furan rings is 1. The lowest BCUT2D eigenvalue weighted by Crippen LogP contribution is -1.95. The quantitative estimate of drug-likeness (QED) is 0.593. The molecule has 0 aliphatic rings. The summed E-state index contributed by atoms with van der Waals surface area (Å²) in [5, 5.41) is 8.34. The third-order valence-corrected chi connectivity index (χ3v) is 1.07. The summed E-state index contributed by atoms with van der Waals surface area (Å²) < 4.78 is 4.76. The van der Waals surface area contributed by atoms with Crippen molar-refractivity contribution in [1.29, 1.82) is 5.26 Å². The standard InChI is InChI=1S/C6H6N2O/c7-3-5-1-2-9-6(5)4-8/h1-2H,3,7H2. The average molecular weight is 122 g/mol. The van der Waals surface area contributed by atoms with Gasteiger partial charge in [-0.2, -0.15) is 5.26 Å². The van der Waals surface area contributed by atoms with E-state index >= 15 is 0 Å². The normalized spacial score (nSPS) is 8.89. The van der Waals surface area contributed by atoms with E-state index in [0.29, 0.717) is 12.3 Å². The Kier molecular flexibility index (Phi) is 1.52. The first-order valence-corrected chi connectivity index (χ1v) is 2.55. The van der Waals surface area contributed by atoms with Gasteiger partial charge in [-0.1, -0.05) is 0 Å². The lowest BCUT2D eigenvalue weighted by molar-refractivity contribution is 0.549. The van der Waals surface area contributed by atoms with Gasteiger partial charge in [-0.05, 0) is 6.07 Å². The summed E-state index contributed by atoms with van der Waals surface area (Å²) in [7, 11) is 0. The van der Waals surface area contributed by atoms with Crippen molar-refractivity contribution >= 4 is 0 Å². The van der Waals surface area contributed by atoms with E-state index in [2.05, 4.69) is 0 Å². The van der Waals surface area contributed by atoms with E-state index in [1.165, 1.54) is 6.26 Å². The predicted molar refractivity (Wildman–Crippen MR) is 31.3 cm³/mol. The molecular formula is C6H6N2O. The minimum atomic E-state index is 0.317. The van der Waals surface area contributed by atoms with E-state index in [0.717, 1.165) is 5.56 Å². The lowest BCUT2D eigenvalue weighted by atomic mass is 10.3. The third-order valence-electron chi connectivity index (χ3n) is 1.07. The van der Waals surface area contributed by atoms with Gasteiger partial charge in [-0.3, -0.25) is 0 Å². The zero-order valence-corrected chi connectivity index (χ0v) is 4.79. The molecule has 3 nitrogen and oxygen atoms in total. The summed E-state index contributed by atoms with van der Waals surface area (Å²) >= 11 is 0. The van der Waals surface area contributed by atoms with Gasteiger partial charge >= 0.3 is 0 Å². The fourth-order valence-corrected chi connectivity index (χ4v) is 0.594. The van der Waals surface area contributed by atoms with Crippen LogP contribution in [0.4, 0.5) is 0 Å². The molecule has 0 aliphatic heterocycles. The SMILES string of the molecule is N#Cc1occc1CN. The second-order valence-corrected chi connectivity index (χ2v) is 1.59. The molecule has 1 heterocycles. The molecule has 0 radical (unpaired) electrons. The molecule has 0 bridgehead atoms. The lowest BCUT2D eigenvalue weighted by Gasteiger charge is -1.84. The Bertz CT molecular complexity index is 233. The maximum atomic E-state index is 8.34. The second kappa shape index (κ2) is 2.33. The predicted octanol–water partition coefficient (Wildman–Crippen LogP) is 0.610. The van der Waals surface area contributed by atoms with Crippen molar-refractivity contribution in [1.82, 2.24) is 0 Å². The van der Waals surface area contributed by atoms with Crippen molar-refractivity contribution in [3.63, 3.8) is 0 Å². The fourth-order valence-electron chi connectivity index (χ4n) is 0.594. The molecule has 1 rings (SSSR count). The number of hydrogen-bond donors (Lipinski definition) is 1. The molecule has 0 unspecified atom stereocenters. The van der Waals surface area contributed by atoms with Gasteiger partial charge in [0.05, 0.1) is 6.26 Å². The molecule has 0 fully saturated rings. The highest BCUT2D eigenvalue weighted by Gasteiger charge is 2.00. The smallest absolute Gasteiger partial charge is 0.207 e. The van der Waals surface area contributed by atoms with Gasteiger partial charge < -0.3 is 10.2 Å². The topological polar surface area (TPSA) is 63.0 Å². The zero-order valence-electron chi connectivity index (χ0n) is 4.79. The molecule has 0 atom stereocenters. The zero-order chi connectivity index (χ0) is 6.69. The number of nitrogens with zero attached hydrogens (tertiary/aromatic N) is 1. The molecule has 0 aromatic carbocycles. The van der Waals surface area contributed by atoms with Gasteiger partial charge in [0.1, 0.15) is 6.07 Å². The van der Waals surface area contributed by atoms with E-state index in [-0.39, 0.29) is 0 Å². The summed E-state index contributed by atoms with van der Waals surface area (Å²) in [6.07, 6.45) is 1.46. The molecule has 1 aromatic heterocycles. The maximum Gasteiger partial charge on any atom is 0.207 e. The summed E-state index contributed by atoms with van der Waals surface area (Å²) in [6.45, 7) is 0.361. The molecule has 46 valence electrons. The monoisotopic (exact) mass is 122 g/mol. The van der Waals surface area contributed by atoms with Crippen molar-refractivity contribution in [2.75, 3.05) is 0 Å². The van der Waals surface area contributed by atoms with Crippen molar-refractivity contribution in [2.45, 2.75) is 6.54 Å². The highest BCUT2D eigenvalue weighted by molar-refractivity contribution is 5.27. The van der Waals surface area contributed by atoms with Gasteiger partial charge in [0, 0.05) is 12.1 Å². The van der Waals surface area contributed by atoms with E-state index in [1.54, 1.807) is 6.07 Å². The van der Waals surface area contributed by atoms with Crippen LogP contribution in [0.5, 0.6) is 0 Å². The van der Waals surface area contributed by atoms with Crippen LogP contribution in [0.25, 0.3) is 0 Å². The summed E-state index contributed by atoms with van der Waals surface area (Å²) in [5.74, 6) is 0.317. The molecule has 3 heteroatoms. The van der Waals surface area contributed by atoms with Crippen LogP contribution in [-0.4, -0.2) is 0 Å². The van der Waals surface area contributed by atoms with Crippen LogP contribution < -0.4 is 5.73 Å². The number of nitrogens with two attached hydrogens (primary N) is 1. The van der Waals surface area contributed by atoms with Crippen LogP contribution >= 0.6 is 0 Å². The number of nitriles is 1. The van der Waals surface area contributed by atoms with Gasteiger partial charge in [0.15, 0.2) is 0 Å². The van der Waals surface area contributed by atoms with E-state index < -0.39 is 0 Å². The maximum absolute atomic E-state index is 8.34. The minimum Gasteiger partial charge on any atom is -0.454 e.